The number of hydrogen-bond donors (Lipinski definition) is 3. The zero-order chi connectivity index (χ0) is 29.4. The Balaban J connectivity index is 1.66. The fourth-order valence-corrected chi connectivity index (χ4v) is 4.95. The molecule has 4 aromatic rings. The van der Waals surface area contributed by atoms with E-state index in [0.29, 0.717) is 10.9 Å². The summed E-state index contributed by atoms with van der Waals surface area (Å²) in [5, 5.41) is 24.0. The summed E-state index contributed by atoms with van der Waals surface area (Å²) in [6.07, 6.45) is -1.24. The molecule has 0 spiro atoms. The van der Waals surface area contributed by atoms with Gasteiger partial charge in [-0.3, -0.25) is 10.1 Å². The van der Waals surface area contributed by atoms with Crippen molar-refractivity contribution in [1.82, 2.24) is 9.88 Å². The number of halogens is 4. The van der Waals surface area contributed by atoms with E-state index in [9.17, 15) is 9.59 Å². The molecule has 12 heteroatoms. The van der Waals surface area contributed by atoms with Crippen LogP contribution in [0.5, 0.6) is 11.5 Å². The van der Waals surface area contributed by atoms with Crippen molar-refractivity contribution in [1.29, 1.82) is 5.26 Å². The van der Waals surface area contributed by atoms with Crippen LogP contribution in [0.15, 0.2) is 48.5 Å². The molecule has 40 heavy (non-hydrogen) atoms. The molecular weight excluding hydrogens is 582 g/mol. The van der Waals surface area contributed by atoms with Crippen LogP contribution in [0.2, 0.25) is 15.1 Å². The summed E-state index contributed by atoms with van der Waals surface area (Å²) in [5.41, 5.74) is 0.746. The highest BCUT2D eigenvalue weighted by Gasteiger charge is 2.28. The maximum atomic E-state index is 15.5. The number of carbonyl (C=O) groups excluding carboxylic acids is 1. The summed E-state index contributed by atoms with van der Waals surface area (Å²) >= 11 is 18.9. The first-order valence-corrected chi connectivity index (χ1v) is 12.9. The second-order valence-corrected chi connectivity index (χ2v) is 11.0. The maximum absolute atomic E-state index is 15.5. The SMILES string of the molecule is CC(C)(C)n1c(C(=O)NCc2ccc(Cl)c(Oc3cc(Cl)cc(C#N)c3)c2F)c(Cl)c2cc(NC(=O)O)ccc21. The van der Waals surface area contributed by atoms with Crippen molar-refractivity contribution in [3.05, 3.63) is 86.2 Å². The highest BCUT2D eigenvalue weighted by atomic mass is 35.5. The molecule has 0 atom stereocenters. The Bertz CT molecular complexity index is 1710. The summed E-state index contributed by atoms with van der Waals surface area (Å²) in [6, 6.07) is 13.8. The lowest BCUT2D eigenvalue weighted by Crippen LogP contribution is -2.31. The molecule has 8 nitrogen and oxygen atoms in total. The Kier molecular flexibility index (Phi) is 8.17. The fraction of sp³-hybridized carbons (Fsp3) is 0.179. The lowest BCUT2D eigenvalue weighted by atomic mass is 10.1. The van der Waals surface area contributed by atoms with Crippen LogP contribution in [0.25, 0.3) is 10.9 Å². The van der Waals surface area contributed by atoms with Gasteiger partial charge in [0.15, 0.2) is 11.6 Å². The molecule has 1 heterocycles. The topological polar surface area (TPSA) is 116 Å². The molecule has 0 aliphatic rings. The minimum atomic E-state index is -1.24. The molecule has 206 valence electrons. The monoisotopic (exact) mass is 602 g/mol. The molecule has 0 unspecified atom stereocenters. The zero-order valence-corrected chi connectivity index (χ0v) is 23.7. The predicted octanol–water partition coefficient (Wildman–Crippen LogP) is 8.18. The summed E-state index contributed by atoms with van der Waals surface area (Å²) in [5.74, 6) is -1.56. The largest absolute Gasteiger partial charge is 0.465 e. The van der Waals surface area contributed by atoms with Gasteiger partial charge in [-0.1, -0.05) is 40.9 Å². The second-order valence-electron chi connectivity index (χ2n) is 9.75. The molecular formula is C28H22Cl3FN4O4. The first-order valence-electron chi connectivity index (χ1n) is 11.8. The molecule has 4 rings (SSSR count). The van der Waals surface area contributed by atoms with Gasteiger partial charge < -0.3 is 19.7 Å². The van der Waals surface area contributed by atoms with E-state index >= 15 is 4.39 Å². The molecule has 0 radical (unpaired) electrons. The van der Waals surface area contributed by atoms with Crippen LogP contribution in [-0.4, -0.2) is 21.7 Å². The Hall–Kier alpha value is -3.97. The van der Waals surface area contributed by atoms with E-state index in [1.807, 2.05) is 26.8 Å². The van der Waals surface area contributed by atoms with Gasteiger partial charge in [0, 0.05) is 33.7 Å². The predicted molar refractivity (Wildman–Crippen MR) is 152 cm³/mol. The fourth-order valence-electron chi connectivity index (χ4n) is 4.22. The second kappa shape index (κ2) is 11.3. The van der Waals surface area contributed by atoms with Crippen LogP contribution in [0, 0.1) is 17.1 Å². The summed E-state index contributed by atoms with van der Waals surface area (Å²) < 4.78 is 22.8. The van der Waals surface area contributed by atoms with E-state index in [-0.39, 0.29) is 55.6 Å². The highest BCUT2D eigenvalue weighted by Crippen LogP contribution is 2.38. The van der Waals surface area contributed by atoms with E-state index in [0.717, 1.165) is 0 Å². The third-order valence-electron chi connectivity index (χ3n) is 5.83. The average molecular weight is 604 g/mol. The molecule has 0 bridgehead atoms. The molecule has 2 amide bonds. The van der Waals surface area contributed by atoms with Gasteiger partial charge in [0.2, 0.25) is 0 Å². The summed E-state index contributed by atoms with van der Waals surface area (Å²) in [6.45, 7) is 5.43. The van der Waals surface area contributed by atoms with Gasteiger partial charge in [-0.05, 0) is 63.2 Å². The van der Waals surface area contributed by atoms with Crippen molar-refractivity contribution in [2.75, 3.05) is 5.32 Å². The maximum Gasteiger partial charge on any atom is 0.409 e. The lowest BCUT2D eigenvalue weighted by molar-refractivity contribution is 0.0936. The van der Waals surface area contributed by atoms with Gasteiger partial charge in [0.1, 0.15) is 11.4 Å². The number of ether oxygens (including phenoxy) is 1. The van der Waals surface area contributed by atoms with E-state index in [4.69, 9.17) is 49.9 Å². The van der Waals surface area contributed by atoms with Crippen LogP contribution >= 0.6 is 34.8 Å². The number of nitrogens with one attached hydrogen (secondary N) is 2. The molecule has 0 fully saturated rings. The van der Waals surface area contributed by atoms with Crippen molar-refractivity contribution < 1.29 is 23.8 Å². The molecule has 0 saturated heterocycles. The minimum absolute atomic E-state index is 0.0206. The number of carboxylic acid groups (broad SMARTS) is 1. The van der Waals surface area contributed by atoms with Crippen LogP contribution in [0.3, 0.4) is 0 Å². The van der Waals surface area contributed by atoms with Crippen LogP contribution < -0.4 is 15.4 Å². The van der Waals surface area contributed by atoms with Crippen LogP contribution in [0.1, 0.15) is 42.4 Å². The van der Waals surface area contributed by atoms with E-state index in [2.05, 4.69) is 10.6 Å². The molecule has 3 N–H and O–H groups in total. The normalized spacial score (nSPS) is 11.2. The average Bonchev–Trinajstić information content (AvgIpc) is 3.17. The number of anilines is 1. The summed E-state index contributed by atoms with van der Waals surface area (Å²) in [7, 11) is 0. The Morgan fingerprint density at radius 1 is 1.10 bits per heavy atom. The number of rotatable bonds is 6. The molecule has 1 aromatic heterocycles. The number of amides is 2. The Morgan fingerprint density at radius 3 is 2.48 bits per heavy atom. The number of carbonyl (C=O) groups is 2. The standard InChI is InChI=1S/C28H22Cl3FN4O4/c1-28(2,3)36-21-7-5-17(35-27(38)39)11-19(21)22(31)24(36)26(37)34-13-15-4-6-20(30)25(23(15)32)40-18-9-14(12-33)8-16(29)10-18/h4-11,35H,13H2,1-3H3,(H,34,37)(H,38,39). The van der Waals surface area contributed by atoms with Crippen LogP contribution in [0.4, 0.5) is 14.9 Å². The van der Waals surface area contributed by atoms with Gasteiger partial charge in [-0.2, -0.15) is 5.26 Å². The van der Waals surface area contributed by atoms with Gasteiger partial charge in [-0.15, -0.1) is 0 Å². The van der Waals surface area contributed by atoms with Gasteiger partial charge >= 0.3 is 6.09 Å². The van der Waals surface area contributed by atoms with Gasteiger partial charge in [-0.25, -0.2) is 9.18 Å². The first-order chi connectivity index (χ1) is 18.8. The highest BCUT2D eigenvalue weighted by molar-refractivity contribution is 6.39. The lowest BCUT2D eigenvalue weighted by Gasteiger charge is -2.25. The smallest absolute Gasteiger partial charge is 0.409 e. The molecule has 0 aliphatic heterocycles. The van der Waals surface area contributed by atoms with E-state index < -0.39 is 23.4 Å². The van der Waals surface area contributed by atoms with Crippen molar-refractivity contribution in [3.63, 3.8) is 0 Å². The van der Waals surface area contributed by atoms with Gasteiger partial charge in [0.25, 0.3) is 5.91 Å². The number of hydrogen-bond acceptors (Lipinski definition) is 4. The third kappa shape index (κ3) is 5.94. The molecule has 3 aromatic carbocycles. The Morgan fingerprint density at radius 2 is 1.82 bits per heavy atom. The van der Waals surface area contributed by atoms with Crippen molar-refractivity contribution >= 4 is 63.4 Å². The van der Waals surface area contributed by atoms with Gasteiger partial charge in [0.05, 0.1) is 27.2 Å². The third-order valence-corrected chi connectivity index (χ3v) is 6.73. The van der Waals surface area contributed by atoms with Crippen molar-refractivity contribution in [2.45, 2.75) is 32.9 Å². The Labute approximate surface area is 243 Å². The number of nitriles is 1. The minimum Gasteiger partial charge on any atom is -0.465 e. The summed E-state index contributed by atoms with van der Waals surface area (Å²) in [4.78, 5) is 24.5. The molecule has 0 aliphatic carbocycles. The van der Waals surface area contributed by atoms with E-state index in [1.165, 1.54) is 30.3 Å². The first kappa shape index (κ1) is 29.0. The van der Waals surface area contributed by atoms with Crippen molar-refractivity contribution in [2.24, 2.45) is 0 Å². The number of aromatic nitrogens is 1. The number of benzene rings is 3. The van der Waals surface area contributed by atoms with Crippen molar-refractivity contribution in [3.8, 4) is 17.6 Å². The zero-order valence-electron chi connectivity index (χ0n) is 21.4. The molecule has 0 saturated carbocycles. The van der Waals surface area contributed by atoms with Crippen LogP contribution in [-0.2, 0) is 12.1 Å². The van der Waals surface area contributed by atoms with E-state index in [1.54, 1.807) is 22.8 Å². The number of nitrogens with zero attached hydrogens (tertiary/aromatic N) is 2. The quantitative estimate of drug-likeness (QED) is 0.205. The number of fused-ring (bicyclic) bond motifs is 1.